The van der Waals surface area contributed by atoms with E-state index in [9.17, 15) is 9.59 Å². The van der Waals surface area contributed by atoms with Crippen molar-refractivity contribution in [1.29, 1.82) is 0 Å². The van der Waals surface area contributed by atoms with Gasteiger partial charge in [0.1, 0.15) is 6.10 Å². The molecule has 1 unspecified atom stereocenters. The molecule has 0 heterocycles. The van der Waals surface area contributed by atoms with E-state index in [4.69, 9.17) is 9.84 Å². The van der Waals surface area contributed by atoms with Gasteiger partial charge in [-0.2, -0.15) is 0 Å². The summed E-state index contributed by atoms with van der Waals surface area (Å²) in [5, 5.41) is 8.67. The number of carboxylic acids is 1. The number of hydrogen-bond acceptors (Lipinski definition) is 3. The molecule has 0 aliphatic rings. The van der Waals surface area contributed by atoms with Gasteiger partial charge in [0.15, 0.2) is 0 Å². The van der Waals surface area contributed by atoms with Gasteiger partial charge in [0, 0.05) is 12.8 Å². The Kier molecular flexibility index (Phi) is 32.2. The van der Waals surface area contributed by atoms with Gasteiger partial charge in [-0.25, -0.2) is 0 Å². The third-order valence-corrected chi connectivity index (χ3v) is 7.88. The third kappa shape index (κ3) is 32.7. The number of allylic oxidation sites excluding steroid dienone is 6. The van der Waals surface area contributed by atoms with Gasteiger partial charge in [0.2, 0.25) is 0 Å². The van der Waals surface area contributed by atoms with Gasteiger partial charge in [0.05, 0.1) is 0 Å². The summed E-state index contributed by atoms with van der Waals surface area (Å²) in [5.74, 6) is -0.665. The van der Waals surface area contributed by atoms with E-state index in [1.165, 1.54) is 77.0 Å². The topological polar surface area (TPSA) is 63.6 Å². The first-order chi connectivity index (χ1) is 20.6. The second-order valence-corrected chi connectivity index (χ2v) is 12.0. The third-order valence-electron chi connectivity index (χ3n) is 7.88. The van der Waals surface area contributed by atoms with Gasteiger partial charge in [-0.15, -0.1) is 0 Å². The molecule has 0 aliphatic heterocycles. The van der Waals surface area contributed by atoms with Crippen molar-refractivity contribution in [3.63, 3.8) is 0 Å². The zero-order valence-electron chi connectivity index (χ0n) is 27.8. The van der Waals surface area contributed by atoms with E-state index in [0.29, 0.717) is 12.8 Å². The Bertz CT molecular complexity index is 679. The van der Waals surface area contributed by atoms with Gasteiger partial charge in [-0.3, -0.25) is 9.59 Å². The Balaban J connectivity index is 3.68. The molecule has 0 aromatic heterocycles. The first-order valence-corrected chi connectivity index (χ1v) is 18.0. The van der Waals surface area contributed by atoms with Crippen molar-refractivity contribution < 1.29 is 19.4 Å². The molecule has 0 saturated carbocycles. The lowest BCUT2D eigenvalue weighted by Gasteiger charge is -2.18. The average molecular weight is 589 g/mol. The summed E-state index contributed by atoms with van der Waals surface area (Å²) in [4.78, 5) is 23.0. The van der Waals surface area contributed by atoms with Crippen molar-refractivity contribution >= 4 is 11.9 Å². The molecule has 0 rings (SSSR count). The zero-order chi connectivity index (χ0) is 30.8. The molecule has 0 saturated heterocycles. The average Bonchev–Trinajstić information content (AvgIpc) is 2.97. The predicted molar refractivity (Wildman–Crippen MR) is 181 cm³/mol. The van der Waals surface area contributed by atoms with Crippen LogP contribution in [0.15, 0.2) is 36.5 Å². The van der Waals surface area contributed by atoms with Gasteiger partial charge in [0.25, 0.3) is 0 Å². The van der Waals surface area contributed by atoms with Crippen molar-refractivity contribution in [2.75, 3.05) is 0 Å². The van der Waals surface area contributed by atoms with Crippen molar-refractivity contribution in [2.24, 2.45) is 0 Å². The zero-order valence-corrected chi connectivity index (χ0v) is 27.8. The highest BCUT2D eigenvalue weighted by molar-refractivity contribution is 5.69. The second kappa shape index (κ2) is 33.7. The second-order valence-electron chi connectivity index (χ2n) is 12.0. The maximum absolute atomic E-state index is 12.4. The molecule has 0 aliphatic carbocycles. The summed E-state index contributed by atoms with van der Waals surface area (Å²) in [6.45, 7) is 4.37. The number of aliphatic carboxylic acids is 1. The Morgan fingerprint density at radius 1 is 0.548 bits per heavy atom. The summed E-state index contributed by atoms with van der Waals surface area (Å²) in [7, 11) is 0. The minimum absolute atomic E-state index is 0.0125. The van der Waals surface area contributed by atoms with Crippen LogP contribution < -0.4 is 0 Å². The molecule has 0 fully saturated rings. The summed E-state index contributed by atoms with van der Waals surface area (Å²) in [5.41, 5.74) is 0. The van der Waals surface area contributed by atoms with Gasteiger partial charge in [-0.1, -0.05) is 147 Å². The smallest absolute Gasteiger partial charge is 0.306 e. The predicted octanol–water partition coefficient (Wildman–Crippen LogP) is 12.2. The fourth-order valence-electron chi connectivity index (χ4n) is 5.24. The lowest BCUT2D eigenvalue weighted by atomic mass is 10.0. The molecule has 0 radical (unpaired) electrons. The van der Waals surface area contributed by atoms with E-state index >= 15 is 0 Å². The molecule has 1 N–H and O–H groups in total. The molecule has 0 aromatic carbocycles. The van der Waals surface area contributed by atoms with Crippen molar-refractivity contribution in [3.8, 4) is 0 Å². The Morgan fingerprint density at radius 2 is 1.00 bits per heavy atom. The molecule has 0 spiro atoms. The molecule has 0 bridgehead atoms. The number of ether oxygens (including phenoxy) is 1. The maximum Gasteiger partial charge on any atom is 0.306 e. The Labute approximate surface area is 260 Å². The number of carbonyl (C=O) groups is 2. The highest BCUT2D eigenvalue weighted by Gasteiger charge is 2.13. The molecule has 42 heavy (non-hydrogen) atoms. The van der Waals surface area contributed by atoms with Gasteiger partial charge in [-0.05, 0) is 64.2 Å². The van der Waals surface area contributed by atoms with Crippen LogP contribution in [0.5, 0.6) is 0 Å². The molecule has 4 nitrogen and oxygen atoms in total. The quantitative estimate of drug-likeness (QED) is 0.0482. The van der Waals surface area contributed by atoms with E-state index in [1.807, 2.05) is 0 Å². The number of unbranched alkanes of at least 4 members (excludes halogenated alkanes) is 17. The number of hydrogen-bond donors (Lipinski definition) is 1. The highest BCUT2D eigenvalue weighted by atomic mass is 16.5. The SMILES string of the molecule is CC/C=C\C/C=C\C/C=C\CCCCCCCCCC(=O)OC(CCCC)CCCCCCCCCCCCC(=O)O. The van der Waals surface area contributed by atoms with E-state index in [1.54, 1.807) is 0 Å². The van der Waals surface area contributed by atoms with Crippen molar-refractivity contribution in [1.82, 2.24) is 0 Å². The summed E-state index contributed by atoms with van der Waals surface area (Å²) in [6.07, 6.45) is 43.4. The van der Waals surface area contributed by atoms with Crippen LogP contribution in [0.1, 0.15) is 187 Å². The largest absolute Gasteiger partial charge is 0.481 e. The van der Waals surface area contributed by atoms with Crippen LogP contribution in [0.2, 0.25) is 0 Å². The van der Waals surface area contributed by atoms with Crippen LogP contribution in [-0.2, 0) is 14.3 Å². The molecule has 0 aromatic rings. The van der Waals surface area contributed by atoms with Crippen LogP contribution in [0, 0.1) is 0 Å². The summed E-state index contributed by atoms with van der Waals surface area (Å²) >= 11 is 0. The fraction of sp³-hybridized carbons (Fsp3) is 0.789. The number of esters is 1. The molecule has 1 atom stereocenters. The van der Waals surface area contributed by atoms with Gasteiger partial charge >= 0.3 is 11.9 Å². The van der Waals surface area contributed by atoms with Gasteiger partial charge < -0.3 is 9.84 Å². The van der Waals surface area contributed by atoms with Crippen LogP contribution in [-0.4, -0.2) is 23.1 Å². The fourth-order valence-corrected chi connectivity index (χ4v) is 5.24. The number of rotatable bonds is 32. The summed E-state index contributed by atoms with van der Waals surface area (Å²) in [6, 6.07) is 0. The first-order valence-electron chi connectivity index (χ1n) is 18.0. The van der Waals surface area contributed by atoms with Crippen LogP contribution in [0.3, 0.4) is 0 Å². The Hall–Kier alpha value is -1.84. The highest BCUT2D eigenvalue weighted by Crippen LogP contribution is 2.18. The number of carboxylic acid groups (broad SMARTS) is 1. The van der Waals surface area contributed by atoms with E-state index in [-0.39, 0.29) is 12.1 Å². The minimum atomic E-state index is -0.677. The maximum atomic E-state index is 12.4. The summed E-state index contributed by atoms with van der Waals surface area (Å²) < 4.78 is 5.90. The Morgan fingerprint density at radius 3 is 1.55 bits per heavy atom. The lowest BCUT2D eigenvalue weighted by molar-refractivity contribution is -0.150. The molecule has 244 valence electrons. The molecular weight excluding hydrogens is 520 g/mol. The van der Waals surface area contributed by atoms with Crippen molar-refractivity contribution in [3.05, 3.63) is 36.5 Å². The van der Waals surface area contributed by atoms with E-state index in [0.717, 1.165) is 83.5 Å². The van der Waals surface area contributed by atoms with Crippen LogP contribution in [0.4, 0.5) is 0 Å². The van der Waals surface area contributed by atoms with Crippen molar-refractivity contribution in [2.45, 2.75) is 193 Å². The van der Waals surface area contributed by atoms with Crippen LogP contribution in [0.25, 0.3) is 0 Å². The first kappa shape index (κ1) is 40.2. The molecule has 0 amide bonds. The standard InChI is InChI=1S/C38H68O4/c1-3-5-7-8-9-10-11-12-13-14-15-16-17-22-25-28-31-35-38(41)42-36(32-6-4-2)33-29-26-23-20-18-19-21-24-27-30-34-37(39)40/h5,7,9-10,12-13,36H,3-4,6,8,11,14-35H2,1-2H3,(H,39,40)/b7-5-,10-9-,13-12-. The monoisotopic (exact) mass is 589 g/mol. The number of carbonyl (C=O) groups excluding carboxylic acids is 1. The normalized spacial score (nSPS) is 12.6. The molecular formula is C38H68O4. The molecule has 4 heteroatoms. The van der Waals surface area contributed by atoms with E-state index in [2.05, 4.69) is 50.3 Å². The lowest BCUT2D eigenvalue weighted by Crippen LogP contribution is -2.18. The van der Waals surface area contributed by atoms with E-state index < -0.39 is 5.97 Å². The van der Waals surface area contributed by atoms with Crippen LogP contribution >= 0.6 is 0 Å². The minimum Gasteiger partial charge on any atom is -0.481 e.